The van der Waals surface area contributed by atoms with Gasteiger partial charge in [-0.15, -0.1) is 0 Å². The number of anilines is 1. The zero-order chi connectivity index (χ0) is 13.7. The van der Waals surface area contributed by atoms with Gasteiger partial charge in [-0.2, -0.15) is 11.8 Å². The normalized spacial score (nSPS) is 17.9. The summed E-state index contributed by atoms with van der Waals surface area (Å²) in [4.78, 5) is 4.76. The van der Waals surface area contributed by atoms with Crippen LogP contribution < -0.4 is 11.1 Å². The summed E-state index contributed by atoms with van der Waals surface area (Å²) in [7, 11) is 0. The number of thioether (sulfide) groups is 1. The number of hydrogen-bond acceptors (Lipinski definition) is 4. The Morgan fingerprint density at radius 2 is 2.21 bits per heavy atom. The number of rotatable bonds is 5. The van der Waals surface area contributed by atoms with Gasteiger partial charge >= 0.3 is 0 Å². The Bertz CT molecular complexity index is 442. The van der Waals surface area contributed by atoms with Crippen LogP contribution in [0, 0.1) is 0 Å². The van der Waals surface area contributed by atoms with E-state index in [0.717, 1.165) is 17.9 Å². The molecule has 3 nitrogen and oxygen atoms in total. The Morgan fingerprint density at radius 3 is 2.84 bits per heavy atom. The van der Waals surface area contributed by atoms with Gasteiger partial charge in [0.15, 0.2) is 0 Å². The van der Waals surface area contributed by atoms with Crippen molar-refractivity contribution in [2.45, 2.75) is 36.9 Å². The third-order valence-electron chi connectivity index (χ3n) is 3.85. The molecule has 1 heterocycles. The third kappa shape index (κ3) is 3.60. The number of nitrogens with zero attached hydrogens (tertiary/aromatic N) is 1. The molecular formula is C14H21N3S2. The fourth-order valence-electron chi connectivity index (χ4n) is 2.64. The minimum atomic E-state index is 0.337. The first kappa shape index (κ1) is 14.6. The van der Waals surface area contributed by atoms with Crippen LogP contribution in [0.1, 0.15) is 37.7 Å². The molecule has 0 unspecified atom stereocenters. The molecule has 0 aromatic carbocycles. The molecule has 0 atom stereocenters. The van der Waals surface area contributed by atoms with Crippen molar-refractivity contribution in [2.24, 2.45) is 5.73 Å². The Hall–Kier alpha value is -0.810. The Morgan fingerprint density at radius 1 is 1.47 bits per heavy atom. The summed E-state index contributed by atoms with van der Waals surface area (Å²) in [5, 5.41) is 3.46. The average molecular weight is 295 g/mol. The predicted molar refractivity (Wildman–Crippen MR) is 87.9 cm³/mol. The van der Waals surface area contributed by atoms with Gasteiger partial charge in [0, 0.05) is 17.5 Å². The van der Waals surface area contributed by atoms with Crippen molar-refractivity contribution in [1.29, 1.82) is 0 Å². The number of thiocarbonyl (C=S) groups is 1. The van der Waals surface area contributed by atoms with Crippen LogP contribution in [0.3, 0.4) is 0 Å². The minimum absolute atomic E-state index is 0.337. The van der Waals surface area contributed by atoms with E-state index in [0.29, 0.717) is 9.74 Å². The molecule has 0 radical (unpaired) electrons. The van der Waals surface area contributed by atoms with Crippen molar-refractivity contribution >= 4 is 34.8 Å². The molecule has 5 heteroatoms. The maximum atomic E-state index is 5.73. The van der Waals surface area contributed by atoms with Gasteiger partial charge in [0.25, 0.3) is 0 Å². The van der Waals surface area contributed by atoms with Crippen LogP contribution >= 0.6 is 24.0 Å². The van der Waals surface area contributed by atoms with Gasteiger partial charge < -0.3 is 11.1 Å². The van der Waals surface area contributed by atoms with Crippen molar-refractivity contribution in [3.63, 3.8) is 0 Å². The molecular weight excluding hydrogens is 274 g/mol. The van der Waals surface area contributed by atoms with Gasteiger partial charge in [0.2, 0.25) is 0 Å². The van der Waals surface area contributed by atoms with Gasteiger partial charge in [0.1, 0.15) is 10.8 Å². The number of hydrogen-bond donors (Lipinski definition) is 2. The summed E-state index contributed by atoms with van der Waals surface area (Å²) in [6.07, 6.45) is 10.5. The summed E-state index contributed by atoms with van der Waals surface area (Å²) in [5.74, 6) is 0.814. The molecule has 1 aliphatic carbocycles. The van der Waals surface area contributed by atoms with E-state index in [2.05, 4.69) is 16.6 Å². The summed E-state index contributed by atoms with van der Waals surface area (Å²) < 4.78 is 0.337. The summed E-state index contributed by atoms with van der Waals surface area (Å²) in [6, 6.07) is 3.79. The second-order valence-electron chi connectivity index (χ2n) is 5.07. The van der Waals surface area contributed by atoms with Crippen molar-refractivity contribution in [3.8, 4) is 0 Å². The Kier molecular flexibility index (Phi) is 5.05. The van der Waals surface area contributed by atoms with Crippen LogP contribution in [-0.4, -0.2) is 27.5 Å². The van der Waals surface area contributed by atoms with E-state index in [1.165, 1.54) is 32.1 Å². The molecule has 0 bridgehead atoms. The molecule has 1 saturated carbocycles. The lowest BCUT2D eigenvalue weighted by Gasteiger charge is -2.36. The van der Waals surface area contributed by atoms with Gasteiger partial charge in [0.05, 0.1) is 5.56 Å². The maximum absolute atomic E-state index is 5.73. The van der Waals surface area contributed by atoms with Gasteiger partial charge in [-0.05, 0) is 31.2 Å². The maximum Gasteiger partial charge on any atom is 0.136 e. The zero-order valence-electron chi connectivity index (χ0n) is 11.3. The average Bonchev–Trinajstić information content (AvgIpc) is 2.46. The second kappa shape index (κ2) is 6.57. The molecule has 1 aliphatic rings. The molecule has 0 saturated heterocycles. The highest BCUT2D eigenvalue weighted by molar-refractivity contribution is 8.00. The van der Waals surface area contributed by atoms with E-state index in [1.807, 2.05) is 23.9 Å². The number of nitrogens with one attached hydrogen (secondary N) is 1. The standard InChI is InChI=1S/C14H21N3S2/c1-19-14(7-3-2-4-8-14)10-17-13-11(12(15)18)6-5-9-16-13/h5-6,9H,2-4,7-8,10H2,1H3,(H2,15,18)(H,16,17). The first-order valence-corrected chi connectivity index (χ1v) is 8.34. The minimum Gasteiger partial charge on any atom is -0.389 e. The molecule has 0 amide bonds. The second-order valence-corrected chi connectivity index (χ2v) is 6.78. The highest BCUT2D eigenvalue weighted by Crippen LogP contribution is 2.38. The fourth-order valence-corrected chi connectivity index (χ4v) is 3.72. The van der Waals surface area contributed by atoms with E-state index in [1.54, 1.807) is 6.20 Å². The van der Waals surface area contributed by atoms with Crippen LogP contribution in [0.25, 0.3) is 0 Å². The van der Waals surface area contributed by atoms with E-state index in [9.17, 15) is 0 Å². The van der Waals surface area contributed by atoms with E-state index >= 15 is 0 Å². The lowest BCUT2D eigenvalue weighted by molar-refractivity contribution is 0.411. The van der Waals surface area contributed by atoms with Crippen LogP contribution in [-0.2, 0) is 0 Å². The molecule has 3 N–H and O–H groups in total. The van der Waals surface area contributed by atoms with Crippen LogP contribution in [0.5, 0.6) is 0 Å². The fraction of sp³-hybridized carbons (Fsp3) is 0.571. The number of pyridine rings is 1. The van der Waals surface area contributed by atoms with Crippen molar-refractivity contribution < 1.29 is 0 Å². The van der Waals surface area contributed by atoms with Gasteiger partial charge in [-0.1, -0.05) is 31.5 Å². The van der Waals surface area contributed by atoms with Gasteiger partial charge in [-0.3, -0.25) is 0 Å². The predicted octanol–water partition coefficient (Wildman–Crippen LogP) is 3.19. The molecule has 104 valence electrons. The smallest absolute Gasteiger partial charge is 0.136 e. The topological polar surface area (TPSA) is 50.9 Å². The highest BCUT2D eigenvalue weighted by atomic mass is 32.2. The van der Waals surface area contributed by atoms with Crippen molar-refractivity contribution in [1.82, 2.24) is 4.98 Å². The molecule has 0 aliphatic heterocycles. The highest BCUT2D eigenvalue weighted by Gasteiger charge is 2.31. The van der Waals surface area contributed by atoms with E-state index in [-0.39, 0.29) is 0 Å². The van der Waals surface area contributed by atoms with E-state index in [4.69, 9.17) is 18.0 Å². The van der Waals surface area contributed by atoms with Gasteiger partial charge in [-0.25, -0.2) is 4.98 Å². The zero-order valence-corrected chi connectivity index (χ0v) is 12.9. The first-order valence-electron chi connectivity index (χ1n) is 6.71. The van der Waals surface area contributed by atoms with Crippen molar-refractivity contribution in [3.05, 3.63) is 23.9 Å². The quantitative estimate of drug-likeness (QED) is 0.817. The SMILES string of the molecule is CSC1(CNc2ncccc2C(N)=S)CCCCC1. The van der Waals surface area contributed by atoms with Crippen LogP contribution in [0.2, 0.25) is 0 Å². The Balaban J connectivity index is 2.07. The number of nitrogens with two attached hydrogens (primary N) is 1. The monoisotopic (exact) mass is 295 g/mol. The molecule has 1 fully saturated rings. The molecule has 0 spiro atoms. The lowest BCUT2D eigenvalue weighted by Crippen LogP contribution is -2.36. The van der Waals surface area contributed by atoms with Crippen molar-refractivity contribution in [2.75, 3.05) is 18.1 Å². The molecule has 1 aromatic rings. The number of aromatic nitrogens is 1. The third-order valence-corrected chi connectivity index (χ3v) is 5.49. The molecule has 1 aromatic heterocycles. The lowest BCUT2D eigenvalue weighted by atomic mass is 9.88. The summed E-state index contributed by atoms with van der Waals surface area (Å²) >= 11 is 7.04. The largest absolute Gasteiger partial charge is 0.389 e. The first-order chi connectivity index (χ1) is 9.17. The van der Waals surface area contributed by atoms with Crippen LogP contribution in [0.15, 0.2) is 18.3 Å². The van der Waals surface area contributed by atoms with E-state index < -0.39 is 0 Å². The summed E-state index contributed by atoms with van der Waals surface area (Å²) in [5.41, 5.74) is 6.57. The molecule has 19 heavy (non-hydrogen) atoms. The molecule has 2 rings (SSSR count). The Labute approximate surface area is 124 Å². The van der Waals surface area contributed by atoms with Crippen LogP contribution in [0.4, 0.5) is 5.82 Å². The summed E-state index contributed by atoms with van der Waals surface area (Å²) in [6.45, 7) is 0.931.